The standard InChI is InChI=1S/C10H17AsN2S/c1-2-5-12-7-3-4-8-9(6-7)14-10(11)13-8/h7,12H,2-6,11H2,1H3. The Balaban J connectivity index is 1.98. The predicted octanol–water partition coefficient (Wildman–Crippen LogP) is 0.258. The van der Waals surface area contributed by atoms with E-state index in [-0.39, 0.29) is 0 Å². The Labute approximate surface area is 98.0 Å². The second-order valence-corrected chi connectivity index (χ2v) is 6.96. The molecule has 1 aliphatic carbocycles. The van der Waals surface area contributed by atoms with Gasteiger partial charge < -0.3 is 0 Å². The van der Waals surface area contributed by atoms with Crippen molar-refractivity contribution in [2.45, 2.75) is 38.6 Å². The van der Waals surface area contributed by atoms with Gasteiger partial charge in [0.2, 0.25) is 0 Å². The minimum atomic E-state index is 0.704. The predicted molar refractivity (Wildman–Crippen MR) is 64.4 cm³/mol. The molecular weight excluding hydrogens is 255 g/mol. The quantitative estimate of drug-likeness (QED) is 0.798. The summed E-state index contributed by atoms with van der Waals surface area (Å²) in [5.74, 6) is 0. The Morgan fingerprint density at radius 3 is 3.29 bits per heavy atom. The van der Waals surface area contributed by atoms with Crippen molar-refractivity contribution in [1.29, 1.82) is 0 Å². The van der Waals surface area contributed by atoms with E-state index < -0.39 is 0 Å². The Morgan fingerprint density at radius 2 is 2.50 bits per heavy atom. The van der Waals surface area contributed by atoms with Gasteiger partial charge in [-0.1, -0.05) is 0 Å². The summed E-state index contributed by atoms with van der Waals surface area (Å²) in [4.78, 5) is 6.12. The van der Waals surface area contributed by atoms with Gasteiger partial charge in [-0.3, -0.25) is 0 Å². The van der Waals surface area contributed by atoms with Crippen LogP contribution in [0.2, 0.25) is 0 Å². The van der Waals surface area contributed by atoms with Crippen molar-refractivity contribution in [3.63, 3.8) is 0 Å². The third kappa shape index (κ3) is 2.39. The normalized spacial score (nSPS) is 20.9. The summed E-state index contributed by atoms with van der Waals surface area (Å²) >= 11 is 3.56. The molecule has 1 N–H and O–H groups in total. The van der Waals surface area contributed by atoms with Gasteiger partial charge in [-0.25, -0.2) is 0 Å². The van der Waals surface area contributed by atoms with Gasteiger partial charge in [-0.2, -0.15) is 0 Å². The van der Waals surface area contributed by atoms with Crippen LogP contribution in [0.15, 0.2) is 0 Å². The fraction of sp³-hybridized carbons (Fsp3) is 0.700. The molecule has 0 fully saturated rings. The summed E-state index contributed by atoms with van der Waals surface area (Å²) in [7, 11) is 0. The van der Waals surface area contributed by atoms with Crippen LogP contribution >= 0.6 is 11.3 Å². The Bertz CT molecular complexity index is 311. The van der Waals surface area contributed by atoms with E-state index in [4.69, 9.17) is 0 Å². The van der Waals surface area contributed by atoms with E-state index in [0.717, 1.165) is 6.54 Å². The number of hydrogen-bond acceptors (Lipinski definition) is 3. The molecule has 78 valence electrons. The van der Waals surface area contributed by atoms with Crippen LogP contribution < -0.4 is 9.11 Å². The first kappa shape index (κ1) is 10.7. The number of hydrogen-bond donors (Lipinski definition) is 1. The fourth-order valence-electron chi connectivity index (χ4n) is 1.92. The van der Waals surface area contributed by atoms with Crippen LogP contribution in [0.5, 0.6) is 0 Å². The first-order valence-corrected chi connectivity index (χ1v) is 7.29. The molecular formula is C10H17AsN2S. The summed E-state index contributed by atoms with van der Waals surface area (Å²) in [5.41, 5.74) is 1.38. The molecule has 1 aliphatic rings. The van der Waals surface area contributed by atoms with Crippen LogP contribution in [0.25, 0.3) is 0 Å². The molecule has 0 aliphatic heterocycles. The zero-order valence-electron chi connectivity index (χ0n) is 8.55. The summed E-state index contributed by atoms with van der Waals surface area (Å²) in [5, 5.41) is 3.61. The average Bonchev–Trinajstić information content (AvgIpc) is 2.54. The molecule has 1 aromatic heterocycles. The van der Waals surface area contributed by atoms with E-state index in [9.17, 15) is 0 Å². The second kappa shape index (κ2) is 4.78. The molecule has 2 unspecified atom stereocenters. The monoisotopic (exact) mass is 272 g/mol. The van der Waals surface area contributed by atoms with Crippen molar-refractivity contribution in [1.82, 2.24) is 10.3 Å². The Kier molecular flexibility index (Phi) is 3.64. The molecule has 0 radical (unpaired) electrons. The van der Waals surface area contributed by atoms with E-state index in [2.05, 4.69) is 17.2 Å². The second-order valence-electron chi connectivity index (χ2n) is 3.82. The first-order valence-electron chi connectivity index (χ1n) is 5.27. The third-order valence-corrected chi connectivity index (χ3v) is 4.60. The van der Waals surface area contributed by atoms with Crippen LogP contribution in [0, 0.1) is 0 Å². The summed E-state index contributed by atoms with van der Waals surface area (Å²) < 4.78 is 1.29. The Hall–Kier alpha value is 0.148. The van der Waals surface area contributed by atoms with Gasteiger partial charge in [-0.05, 0) is 0 Å². The maximum absolute atomic E-state index is 4.58. The van der Waals surface area contributed by atoms with Crippen LogP contribution in [0.4, 0.5) is 0 Å². The van der Waals surface area contributed by atoms with Crippen LogP contribution in [-0.2, 0) is 12.8 Å². The molecule has 0 saturated heterocycles. The summed E-state index contributed by atoms with van der Waals surface area (Å²) in [6.07, 6.45) is 4.88. The number of rotatable bonds is 3. The van der Waals surface area contributed by atoms with Crippen LogP contribution in [0.1, 0.15) is 30.3 Å². The van der Waals surface area contributed by atoms with Crippen molar-refractivity contribution in [3.8, 4) is 0 Å². The van der Waals surface area contributed by atoms with Crippen molar-refractivity contribution >= 4 is 32.0 Å². The number of aryl methyl sites for hydroxylation is 1. The van der Waals surface area contributed by atoms with Crippen LogP contribution in [-0.4, -0.2) is 34.4 Å². The van der Waals surface area contributed by atoms with Crippen molar-refractivity contribution < 1.29 is 0 Å². The maximum atomic E-state index is 4.58. The van der Waals surface area contributed by atoms with Gasteiger partial charge in [0.15, 0.2) is 0 Å². The fourth-order valence-corrected chi connectivity index (χ4v) is 4.10. The van der Waals surface area contributed by atoms with Crippen molar-refractivity contribution in [3.05, 3.63) is 10.6 Å². The summed E-state index contributed by atoms with van der Waals surface area (Å²) in [6.45, 7) is 3.38. The molecule has 0 amide bonds. The third-order valence-electron chi connectivity index (χ3n) is 2.64. The minimum absolute atomic E-state index is 0.704. The molecule has 0 bridgehead atoms. The molecule has 4 heteroatoms. The zero-order valence-corrected chi connectivity index (χ0v) is 11.8. The van der Waals surface area contributed by atoms with E-state index in [1.165, 1.54) is 40.0 Å². The van der Waals surface area contributed by atoms with E-state index in [1.54, 1.807) is 16.9 Å². The molecule has 2 nitrogen and oxygen atoms in total. The first-order chi connectivity index (χ1) is 6.79. The number of thiazole rings is 1. The number of nitrogens with zero attached hydrogens (tertiary/aromatic N) is 1. The molecule has 0 saturated carbocycles. The number of aromatic nitrogens is 1. The van der Waals surface area contributed by atoms with E-state index in [0.29, 0.717) is 6.04 Å². The van der Waals surface area contributed by atoms with Crippen molar-refractivity contribution in [2.75, 3.05) is 6.54 Å². The topological polar surface area (TPSA) is 24.9 Å². The van der Waals surface area contributed by atoms with Gasteiger partial charge >= 0.3 is 98.1 Å². The van der Waals surface area contributed by atoms with Crippen molar-refractivity contribution in [2.24, 2.45) is 0 Å². The van der Waals surface area contributed by atoms with Gasteiger partial charge in [0.05, 0.1) is 0 Å². The van der Waals surface area contributed by atoms with Gasteiger partial charge in [0.25, 0.3) is 0 Å². The molecule has 14 heavy (non-hydrogen) atoms. The molecule has 1 aromatic rings. The summed E-state index contributed by atoms with van der Waals surface area (Å²) in [6, 6.07) is 0.704. The molecule has 0 spiro atoms. The van der Waals surface area contributed by atoms with E-state index in [1.807, 2.05) is 11.3 Å². The van der Waals surface area contributed by atoms with Crippen LogP contribution in [0.3, 0.4) is 0 Å². The Morgan fingerprint density at radius 1 is 1.64 bits per heavy atom. The molecule has 0 aromatic carbocycles. The molecule has 2 rings (SSSR count). The molecule has 1 heterocycles. The van der Waals surface area contributed by atoms with E-state index >= 15 is 0 Å². The molecule has 2 atom stereocenters. The van der Waals surface area contributed by atoms with Gasteiger partial charge in [0, 0.05) is 0 Å². The number of nitrogens with one attached hydrogen (secondary N) is 1. The average molecular weight is 272 g/mol. The zero-order chi connectivity index (χ0) is 9.97. The SMILES string of the molecule is CCCNC1CCc2nc([AsH2])sc2C1. The van der Waals surface area contributed by atoms with Gasteiger partial charge in [0.1, 0.15) is 0 Å². The number of fused-ring (bicyclic) bond motifs is 1. The van der Waals surface area contributed by atoms with Gasteiger partial charge in [-0.15, -0.1) is 0 Å².